The number of fused-ring (bicyclic) bond motifs is 1. The van der Waals surface area contributed by atoms with E-state index >= 15 is 0 Å². The van der Waals surface area contributed by atoms with Gasteiger partial charge in [0.2, 0.25) is 0 Å². The van der Waals surface area contributed by atoms with Crippen molar-refractivity contribution in [3.8, 4) is 0 Å². The molecule has 0 spiro atoms. The summed E-state index contributed by atoms with van der Waals surface area (Å²) in [7, 11) is 1.58. The Labute approximate surface area is 173 Å². The molecule has 0 aliphatic carbocycles. The molecule has 1 heterocycles. The van der Waals surface area contributed by atoms with Gasteiger partial charge in [0, 0.05) is 5.75 Å². The molecule has 0 saturated heterocycles. The molecular formula is C23H21FN2O2S. The van der Waals surface area contributed by atoms with Crippen molar-refractivity contribution in [2.45, 2.75) is 17.8 Å². The molecule has 0 fully saturated rings. The maximum atomic E-state index is 14.0. The smallest absolute Gasteiger partial charge is 0.266 e. The van der Waals surface area contributed by atoms with Crippen LogP contribution in [0.15, 0.2) is 89.0 Å². The average molecular weight is 408 g/mol. The van der Waals surface area contributed by atoms with Crippen LogP contribution in [-0.4, -0.2) is 16.7 Å². The van der Waals surface area contributed by atoms with E-state index in [1.54, 1.807) is 61.7 Å². The van der Waals surface area contributed by atoms with Gasteiger partial charge < -0.3 is 4.74 Å². The highest BCUT2D eigenvalue weighted by molar-refractivity contribution is 7.98. The van der Waals surface area contributed by atoms with Crippen LogP contribution in [0.3, 0.4) is 0 Å². The first-order valence-corrected chi connectivity index (χ1v) is 9.97. The Morgan fingerprint density at radius 2 is 1.93 bits per heavy atom. The topological polar surface area (TPSA) is 44.1 Å². The summed E-state index contributed by atoms with van der Waals surface area (Å²) in [5.41, 5.74) is 1.49. The SMILES string of the molecule is C=CC(=CC=C(C)OC)n1c(SCc2ccccc2F)nc2ccccc2c1=O. The minimum absolute atomic E-state index is 0.207. The summed E-state index contributed by atoms with van der Waals surface area (Å²) < 4.78 is 20.7. The van der Waals surface area contributed by atoms with Gasteiger partial charge in [0.15, 0.2) is 5.16 Å². The predicted molar refractivity (Wildman–Crippen MR) is 117 cm³/mol. The van der Waals surface area contributed by atoms with E-state index < -0.39 is 0 Å². The Bertz CT molecular complexity index is 1160. The number of nitrogens with zero attached hydrogens (tertiary/aromatic N) is 2. The largest absolute Gasteiger partial charge is 0.501 e. The fraction of sp³-hybridized carbons (Fsp3) is 0.130. The molecule has 0 saturated carbocycles. The standard InChI is InChI=1S/C23H21FN2O2S/c1-4-18(14-13-16(2)28-3)26-22(27)19-10-6-8-12-21(19)25-23(26)29-15-17-9-5-7-11-20(17)24/h4-14H,1,15H2,2-3H3. The number of methoxy groups -OCH3 is 1. The highest BCUT2D eigenvalue weighted by Gasteiger charge is 2.14. The highest BCUT2D eigenvalue weighted by Crippen LogP contribution is 2.25. The van der Waals surface area contributed by atoms with E-state index in [0.717, 1.165) is 0 Å². The van der Waals surface area contributed by atoms with Gasteiger partial charge in [-0.1, -0.05) is 48.7 Å². The van der Waals surface area contributed by atoms with E-state index in [2.05, 4.69) is 11.6 Å². The lowest BCUT2D eigenvalue weighted by atomic mass is 10.2. The van der Waals surface area contributed by atoms with Crippen LogP contribution >= 0.6 is 11.8 Å². The number of para-hydroxylation sites is 1. The fourth-order valence-electron chi connectivity index (χ4n) is 2.70. The predicted octanol–water partition coefficient (Wildman–Crippen LogP) is 5.41. The van der Waals surface area contributed by atoms with E-state index in [9.17, 15) is 9.18 Å². The average Bonchev–Trinajstić information content (AvgIpc) is 2.74. The number of benzene rings is 2. The maximum absolute atomic E-state index is 14.0. The first-order valence-electron chi connectivity index (χ1n) is 8.98. The molecule has 3 rings (SSSR count). The van der Waals surface area contributed by atoms with Crippen LogP contribution in [0.5, 0.6) is 0 Å². The van der Waals surface area contributed by atoms with Crippen LogP contribution in [0, 0.1) is 5.82 Å². The Kier molecular flexibility index (Phi) is 6.67. The Balaban J connectivity index is 2.14. The van der Waals surface area contributed by atoms with Crippen molar-refractivity contribution in [3.63, 3.8) is 0 Å². The number of aromatic nitrogens is 2. The van der Waals surface area contributed by atoms with Crippen molar-refractivity contribution < 1.29 is 9.13 Å². The molecule has 0 bridgehead atoms. The lowest BCUT2D eigenvalue weighted by molar-refractivity contribution is 0.294. The summed E-state index contributed by atoms with van der Waals surface area (Å²) >= 11 is 1.30. The second-order valence-corrected chi connectivity index (χ2v) is 7.15. The highest BCUT2D eigenvalue weighted by atomic mass is 32.2. The lowest BCUT2D eigenvalue weighted by Gasteiger charge is -2.14. The molecule has 0 radical (unpaired) electrons. The Hall–Kier alpha value is -3.12. The minimum Gasteiger partial charge on any atom is -0.501 e. The molecule has 29 heavy (non-hydrogen) atoms. The van der Waals surface area contributed by atoms with E-state index in [0.29, 0.717) is 38.8 Å². The molecule has 6 heteroatoms. The fourth-order valence-corrected chi connectivity index (χ4v) is 3.70. The van der Waals surface area contributed by atoms with E-state index in [1.165, 1.54) is 22.4 Å². The number of hydrogen-bond donors (Lipinski definition) is 0. The first kappa shape index (κ1) is 20.6. The van der Waals surface area contributed by atoms with Gasteiger partial charge in [-0.3, -0.25) is 9.36 Å². The number of hydrogen-bond acceptors (Lipinski definition) is 4. The molecule has 0 amide bonds. The van der Waals surface area contributed by atoms with Gasteiger partial charge in [0.25, 0.3) is 5.56 Å². The number of ether oxygens (including phenoxy) is 1. The molecule has 0 N–H and O–H groups in total. The van der Waals surface area contributed by atoms with E-state index in [-0.39, 0.29) is 11.4 Å². The molecule has 0 aliphatic rings. The molecule has 0 atom stereocenters. The number of halogens is 1. The van der Waals surface area contributed by atoms with Crippen LogP contribution in [-0.2, 0) is 10.5 Å². The van der Waals surface area contributed by atoms with Gasteiger partial charge >= 0.3 is 0 Å². The van der Waals surface area contributed by atoms with E-state index in [4.69, 9.17) is 4.74 Å². The quantitative estimate of drug-likeness (QED) is 0.227. The Morgan fingerprint density at radius 3 is 2.66 bits per heavy atom. The summed E-state index contributed by atoms with van der Waals surface area (Å²) in [6, 6.07) is 13.7. The number of allylic oxidation sites excluding steroid dienone is 5. The molecule has 148 valence electrons. The second-order valence-electron chi connectivity index (χ2n) is 6.21. The molecular weight excluding hydrogens is 387 g/mol. The maximum Gasteiger partial charge on any atom is 0.266 e. The molecule has 1 aromatic heterocycles. The van der Waals surface area contributed by atoms with Crippen molar-refractivity contribution in [1.82, 2.24) is 9.55 Å². The lowest BCUT2D eigenvalue weighted by Crippen LogP contribution is -2.22. The number of thioether (sulfide) groups is 1. The van der Waals surface area contributed by atoms with Crippen molar-refractivity contribution in [2.75, 3.05) is 7.11 Å². The minimum atomic E-state index is -0.284. The Morgan fingerprint density at radius 1 is 1.21 bits per heavy atom. The van der Waals surface area contributed by atoms with Crippen molar-refractivity contribution in [1.29, 1.82) is 0 Å². The summed E-state index contributed by atoms with van der Waals surface area (Å²) in [4.78, 5) is 17.9. The third-order valence-corrected chi connectivity index (χ3v) is 5.33. The second kappa shape index (κ2) is 9.39. The normalized spacial score (nSPS) is 12.2. The van der Waals surface area contributed by atoms with Crippen LogP contribution in [0.25, 0.3) is 16.6 Å². The van der Waals surface area contributed by atoms with E-state index in [1.807, 2.05) is 13.0 Å². The summed E-state index contributed by atoms with van der Waals surface area (Å²) in [6.07, 6.45) is 5.09. The van der Waals surface area contributed by atoms with Crippen LogP contribution in [0.1, 0.15) is 12.5 Å². The zero-order chi connectivity index (χ0) is 20.8. The monoisotopic (exact) mass is 408 g/mol. The first-order chi connectivity index (χ1) is 14.0. The summed E-state index contributed by atoms with van der Waals surface area (Å²) in [6.45, 7) is 5.65. The van der Waals surface area contributed by atoms with Gasteiger partial charge in [0.05, 0.1) is 29.5 Å². The van der Waals surface area contributed by atoms with Crippen LogP contribution < -0.4 is 5.56 Å². The third kappa shape index (κ3) is 4.66. The molecule has 0 unspecified atom stereocenters. The van der Waals surface area contributed by atoms with Crippen LogP contribution in [0.2, 0.25) is 0 Å². The zero-order valence-corrected chi connectivity index (χ0v) is 17.1. The van der Waals surface area contributed by atoms with Crippen molar-refractivity contribution >= 4 is 28.4 Å². The molecule has 2 aromatic carbocycles. The molecule has 3 aromatic rings. The van der Waals surface area contributed by atoms with Crippen molar-refractivity contribution in [2.24, 2.45) is 0 Å². The number of rotatable bonds is 7. The third-order valence-electron chi connectivity index (χ3n) is 4.34. The van der Waals surface area contributed by atoms with Gasteiger partial charge in [-0.05, 0) is 48.9 Å². The van der Waals surface area contributed by atoms with Gasteiger partial charge in [-0.25, -0.2) is 9.37 Å². The van der Waals surface area contributed by atoms with Gasteiger partial charge in [-0.15, -0.1) is 0 Å². The molecule has 4 nitrogen and oxygen atoms in total. The zero-order valence-electron chi connectivity index (χ0n) is 16.3. The van der Waals surface area contributed by atoms with Crippen LogP contribution in [0.4, 0.5) is 4.39 Å². The summed E-state index contributed by atoms with van der Waals surface area (Å²) in [5, 5.41) is 0.967. The van der Waals surface area contributed by atoms with Crippen molar-refractivity contribution in [3.05, 3.63) is 101 Å². The summed E-state index contributed by atoms with van der Waals surface area (Å²) in [5.74, 6) is 0.744. The van der Waals surface area contributed by atoms with Gasteiger partial charge in [0.1, 0.15) is 5.82 Å². The molecule has 0 aliphatic heterocycles. The van der Waals surface area contributed by atoms with Gasteiger partial charge in [-0.2, -0.15) is 0 Å².